The van der Waals surface area contributed by atoms with Crippen LogP contribution in [-0.4, -0.2) is 28.5 Å². The molecule has 5 rings (SSSR count). The van der Waals surface area contributed by atoms with Gasteiger partial charge in [-0.05, 0) is 61.8 Å². The lowest BCUT2D eigenvalue weighted by Crippen LogP contribution is -2.53. The normalized spacial score (nSPS) is 34.8. The number of amides is 1. The summed E-state index contributed by atoms with van der Waals surface area (Å²) < 4.78 is 6.89. The predicted molar refractivity (Wildman–Crippen MR) is 105 cm³/mol. The Morgan fingerprint density at radius 3 is 2.69 bits per heavy atom. The van der Waals surface area contributed by atoms with Gasteiger partial charge in [0.2, 0.25) is 5.91 Å². The molecule has 0 radical (unpaired) electrons. The molecule has 142 valence electrons. The monoisotopic (exact) mass is 422 g/mol. The van der Waals surface area contributed by atoms with Gasteiger partial charge in [0.05, 0.1) is 12.3 Å². The van der Waals surface area contributed by atoms with E-state index in [2.05, 4.69) is 21.2 Å². The van der Waals surface area contributed by atoms with E-state index in [0.717, 1.165) is 18.3 Å². The van der Waals surface area contributed by atoms with E-state index in [1.165, 1.54) is 38.2 Å². The van der Waals surface area contributed by atoms with Crippen LogP contribution < -0.4 is 10.9 Å². The standard InChI is InChI=1S/C20H27BrN2O3/c1-26-5-4-23-12-16(2-3-18(23)25)22-17(24)11-19-7-14-6-15(8-19)10-20(21,9-14)13-19/h2-3,12,14-15H,4-11,13H2,1H3,(H,22,24)/t14-,15-,19?,20?/m1/s1. The highest BCUT2D eigenvalue weighted by molar-refractivity contribution is 9.10. The lowest BCUT2D eigenvalue weighted by molar-refractivity contribution is -0.123. The summed E-state index contributed by atoms with van der Waals surface area (Å²) in [5, 5.41) is 3.02. The van der Waals surface area contributed by atoms with Crippen LogP contribution in [-0.2, 0) is 16.1 Å². The van der Waals surface area contributed by atoms with Crippen LogP contribution in [0.25, 0.3) is 0 Å². The number of nitrogens with one attached hydrogen (secondary N) is 1. The number of hydrogen-bond acceptors (Lipinski definition) is 3. The molecule has 4 fully saturated rings. The lowest BCUT2D eigenvalue weighted by Gasteiger charge is -2.60. The van der Waals surface area contributed by atoms with Gasteiger partial charge in [-0.2, -0.15) is 0 Å². The van der Waals surface area contributed by atoms with Gasteiger partial charge in [0.1, 0.15) is 0 Å². The Hall–Kier alpha value is -1.14. The minimum atomic E-state index is -0.0811. The molecule has 5 nitrogen and oxygen atoms in total. The number of hydrogen-bond donors (Lipinski definition) is 1. The first-order valence-corrected chi connectivity index (χ1v) is 10.4. The predicted octanol–water partition coefficient (Wildman–Crippen LogP) is 3.56. The van der Waals surface area contributed by atoms with Crippen molar-refractivity contribution in [1.29, 1.82) is 0 Å². The van der Waals surface area contributed by atoms with Gasteiger partial charge in [-0.15, -0.1) is 0 Å². The van der Waals surface area contributed by atoms with Crippen LogP contribution in [0.15, 0.2) is 23.1 Å². The molecule has 4 aliphatic rings. The smallest absolute Gasteiger partial charge is 0.250 e. The SMILES string of the molecule is COCCn1cc(NC(=O)CC23C[C@H]4C[C@@H](CC(Br)(C4)C2)C3)ccc1=O. The second-order valence-electron chi connectivity index (χ2n) is 8.78. The summed E-state index contributed by atoms with van der Waals surface area (Å²) in [6.45, 7) is 0.953. The molecule has 4 aliphatic carbocycles. The van der Waals surface area contributed by atoms with Gasteiger partial charge in [-0.1, -0.05) is 15.9 Å². The first kappa shape index (κ1) is 18.2. The zero-order valence-corrected chi connectivity index (χ0v) is 16.9. The lowest BCUT2D eigenvalue weighted by atomic mass is 9.48. The molecule has 1 heterocycles. The minimum absolute atomic E-state index is 0.0694. The van der Waals surface area contributed by atoms with Crippen molar-refractivity contribution in [2.24, 2.45) is 17.3 Å². The molecular weight excluding hydrogens is 396 g/mol. The van der Waals surface area contributed by atoms with Crippen molar-refractivity contribution in [3.05, 3.63) is 28.7 Å². The highest BCUT2D eigenvalue weighted by atomic mass is 79.9. The van der Waals surface area contributed by atoms with Gasteiger partial charge >= 0.3 is 0 Å². The van der Waals surface area contributed by atoms with E-state index in [9.17, 15) is 9.59 Å². The van der Waals surface area contributed by atoms with Crippen molar-refractivity contribution in [2.45, 2.75) is 55.8 Å². The Balaban J connectivity index is 1.44. The Kier molecular flexibility index (Phi) is 4.76. The van der Waals surface area contributed by atoms with E-state index >= 15 is 0 Å². The summed E-state index contributed by atoms with van der Waals surface area (Å²) >= 11 is 4.01. The summed E-state index contributed by atoms with van der Waals surface area (Å²) in [6.07, 6.45) is 9.70. The summed E-state index contributed by atoms with van der Waals surface area (Å²) in [7, 11) is 1.61. The number of alkyl halides is 1. The van der Waals surface area contributed by atoms with E-state index < -0.39 is 0 Å². The van der Waals surface area contributed by atoms with E-state index in [1.54, 1.807) is 23.9 Å². The average Bonchev–Trinajstić information content (AvgIpc) is 2.52. The topological polar surface area (TPSA) is 60.3 Å². The second kappa shape index (κ2) is 6.79. The van der Waals surface area contributed by atoms with Crippen molar-refractivity contribution in [2.75, 3.05) is 19.0 Å². The zero-order chi connectivity index (χ0) is 18.4. The van der Waals surface area contributed by atoms with E-state index in [4.69, 9.17) is 4.74 Å². The summed E-state index contributed by atoms with van der Waals surface area (Å²) in [6, 6.07) is 3.19. The molecule has 4 bridgehead atoms. The summed E-state index contributed by atoms with van der Waals surface area (Å²) in [5.41, 5.74) is 0.758. The van der Waals surface area contributed by atoms with E-state index in [0.29, 0.717) is 25.3 Å². The van der Waals surface area contributed by atoms with Crippen LogP contribution in [0.5, 0.6) is 0 Å². The third-order valence-corrected chi connectivity index (χ3v) is 7.38. The van der Waals surface area contributed by atoms with Crippen molar-refractivity contribution in [3.63, 3.8) is 0 Å². The third kappa shape index (κ3) is 3.63. The molecule has 26 heavy (non-hydrogen) atoms. The van der Waals surface area contributed by atoms with Gasteiger partial charge < -0.3 is 14.6 Å². The van der Waals surface area contributed by atoms with Crippen LogP contribution in [0.3, 0.4) is 0 Å². The molecule has 4 saturated carbocycles. The number of methoxy groups -OCH3 is 1. The van der Waals surface area contributed by atoms with E-state index in [1.807, 2.05) is 0 Å². The fraction of sp³-hybridized carbons (Fsp3) is 0.700. The molecule has 1 aromatic rings. The maximum absolute atomic E-state index is 12.8. The number of anilines is 1. The van der Waals surface area contributed by atoms with Gasteiger partial charge in [0, 0.05) is 36.7 Å². The number of carbonyl (C=O) groups excluding carboxylic acids is 1. The van der Waals surface area contributed by atoms with Crippen LogP contribution >= 0.6 is 15.9 Å². The fourth-order valence-electron chi connectivity index (χ4n) is 6.06. The molecular formula is C20H27BrN2O3. The molecule has 1 amide bonds. The quantitative estimate of drug-likeness (QED) is 0.712. The molecule has 0 aliphatic heterocycles. The van der Waals surface area contributed by atoms with Gasteiger partial charge in [0.15, 0.2) is 0 Å². The first-order valence-electron chi connectivity index (χ1n) is 9.57. The zero-order valence-electron chi connectivity index (χ0n) is 15.3. The number of nitrogens with zero attached hydrogens (tertiary/aromatic N) is 1. The molecule has 0 saturated heterocycles. The van der Waals surface area contributed by atoms with Crippen molar-refractivity contribution < 1.29 is 9.53 Å². The molecule has 1 aromatic heterocycles. The Morgan fingerprint density at radius 2 is 2.04 bits per heavy atom. The van der Waals surface area contributed by atoms with Crippen LogP contribution in [0.4, 0.5) is 5.69 Å². The van der Waals surface area contributed by atoms with Crippen molar-refractivity contribution >= 4 is 27.5 Å². The third-order valence-electron chi connectivity index (χ3n) is 6.45. The highest BCUT2D eigenvalue weighted by Crippen LogP contribution is 2.65. The number of carbonyl (C=O) groups is 1. The fourth-order valence-corrected chi connectivity index (χ4v) is 7.57. The number of rotatable bonds is 6. The van der Waals surface area contributed by atoms with E-state index in [-0.39, 0.29) is 21.2 Å². The van der Waals surface area contributed by atoms with Gasteiger partial charge in [0.25, 0.3) is 5.56 Å². The number of ether oxygens (including phenoxy) is 1. The Morgan fingerprint density at radius 1 is 1.31 bits per heavy atom. The summed E-state index contributed by atoms with van der Waals surface area (Å²) in [5.74, 6) is 1.62. The summed E-state index contributed by atoms with van der Waals surface area (Å²) in [4.78, 5) is 24.7. The van der Waals surface area contributed by atoms with Gasteiger partial charge in [-0.3, -0.25) is 9.59 Å². The molecule has 2 atom stereocenters. The highest BCUT2D eigenvalue weighted by Gasteiger charge is 2.57. The van der Waals surface area contributed by atoms with Gasteiger partial charge in [-0.25, -0.2) is 0 Å². The van der Waals surface area contributed by atoms with Crippen molar-refractivity contribution in [1.82, 2.24) is 4.57 Å². The first-order chi connectivity index (χ1) is 12.4. The molecule has 1 N–H and O–H groups in total. The number of halogens is 1. The molecule has 6 heteroatoms. The molecule has 0 aromatic carbocycles. The van der Waals surface area contributed by atoms with Crippen molar-refractivity contribution in [3.8, 4) is 0 Å². The number of aromatic nitrogens is 1. The largest absolute Gasteiger partial charge is 0.383 e. The maximum atomic E-state index is 12.8. The maximum Gasteiger partial charge on any atom is 0.250 e. The van der Waals surface area contributed by atoms with Crippen LogP contribution in [0, 0.1) is 17.3 Å². The van der Waals surface area contributed by atoms with Crippen LogP contribution in [0.1, 0.15) is 44.9 Å². The second-order valence-corrected chi connectivity index (χ2v) is 10.5. The van der Waals surface area contributed by atoms with Crippen LogP contribution in [0.2, 0.25) is 0 Å². The minimum Gasteiger partial charge on any atom is -0.383 e. The molecule has 0 unspecified atom stereocenters. The number of pyridine rings is 1. The Bertz CT molecular complexity index is 746. The molecule has 0 spiro atoms. The Labute approximate surface area is 162 Å². The average molecular weight is 423 g/mol.